The molecule has 3 rings (SSSR count). The van der Waals surface area contributed by atoms with E-state index in [-0.39, 0.29) is 6.42 Å². The average Bonchev–Trinajstić information content (AvgIpc) is 2.99. The second kappa shape index (κ2) is 10.4. The lowest BCUT2D eigenvalue weighted by Gasteiger charge is -2.37. The van der Waals surface area contributed by atoms with Crippen LogP contribution in [0.3, 0.4) is 0 Å². The highest BCUT2D eigenvalue weighted by molar-refractivity contribution is 5.78. The summed E-state index contributed by atoms with van der Waals surface area (Å²) in [5.41, 5.74) is 0.817. The summed E-state index contributed by atoms with van der Waals surface area (Å²) in [6.07, 6.45) is -1.75. The van der Waals surface area contributed by atoms with Gasteiger partial charge in [0.15, 0.2) is 0 Å². The van der Waals surface area contributed by atoms with Gasteiger partial charge in [-0.25, -0.2) is 9.59 Å². The molecular weight excluding hydrogens is 420 g/mol. The molecule has 0 radical (unpaired) electrons. The minimum Gasteiger partial charge on any atom is -0.479 e. The first-order valence-corrected chi connectivity index (χ1v) is 11.3. The third-order valence-corrected chi connectivity index (χ3v) is 5.83. The van der Waals surface area contributed by atoms with Crippen LogP contribution in [0.1, 0.15) is 45.2 Å². The third kappa shape index (κ3) is 6.55. The number of hydrogen-bond donors (Lipinski definition) is 1. The normalized spacial score (nSPS) is 17.7. The highest BCUT2D eigenvalue weighted by Gasteiger charge is 2.50. The van der Waals surface area contributed by atoms with Gasteiger partial charge in [-0.3, -0.25) is 9.80 Å². The van der Waals surface area contributed by atoms with E-state index >= 15 is 0 Å². The molecule has 1 atom stereocenters. The minimum atomic E-state index is -1.25. The Bertz CT molecular complexity index is 873. The second-order valence-corrected chi connectivity index (χ2v) is 9.56. The number of amides is 1. The van der Waals surface area contributed by atoms with Crippen molar-refractivity contribution < 1.29 is 24.2 Å². The lowest BCUT2D eigenvalue weighted by Crippen LogP contribution is -2.54. The summed E-state index contributed by atoms with van der Waals surface area (Å²) < 4.78 is 11.2. The number of carbonyl (C=O) groups excluding carboxylic acids is 1. The lowest BCUT2D eigenvalue weighted by molar-refractivity contribution is -0.149. The van der Waals surface area contributed by atoms with E-state index in [2.05, 4.69) is 4.90 Å². The fraction of sp³-hybridized carbons (Fsp3) is 0.462. The lowest BCUT2D eigenvalue weighted by atomic mass is 10.0. The van der Waals surface area contributed by atoms with E-state index in [4.69, 9.17) is 9.47 Å². The van der Waals surface area contributed by atoms with Crippen molar-refractivity contribution in [1.29, 1.82) is 0 Å². The first kappa shape index (κ1) is 24.7. The fourth-order valence-electron chi connectivity index (χ4n) is 4.28. The molecule has 0 saturated carbocycles. The van der Waals surface area contributed by atoms with Gasteiger partial charge in [-0.05, 0) is 38.8 Å². The van der Waals surface area contributed by atoms with Crippen molar-refractivity contribution in [3.8, 4) is 0 Å². The molecule has 33 heavy (non-hydrogen) atoms. The van der Waals surface area contributed by atoms with Crippen LogP contribution in [0.5, 0.6) is 0 Å². The Kier molecular flexibility index (Phi) is 7.76. The van der Waals surface area contributed by atoms with Gasteiger partial charge in [0.05, 0.1) is 12.1 Å². The van der Waals surface area contributed by atoms with Gasteiger partial charge in [0.1, 0.15) is 5.72 Å². The molecule has 1 unspecified atom stereocenters. The van der Waals surface area contributed by atoms with Crippen LogP contribution in [0.4, 0.5) is 4.79 Å². The van der Waals surface area contributed by atoms with Crippen molar-refractivity contribution in [3.05, 3.63) is 71.8 Å². The minimum absolute atomic E-state index is 0.177. The highest BCUT2D eigenvalue weighted by Crippen LogP contribution is 2.35. The zero-order chi connectivity index (χ0) is 24.1. The summed E-state index contributed by atoms with van der Waals surface area (Å²) in [5.74, 6) is -1.15. The van der Waals surface area contributed by atoms with Crippen LogP contribution in [0.2, 0.25) is 0 Å². The Morgan fingerprint density at radius 1 is 1.00 bits per heavy atom. The van der Waals surface area contributed by atoms with Crippen molar-refractivity contribution in [1.82, 2.24) is 9.80 Å². The van der Waals surface area contributed by atoms with Crippen molar-refractivity contribution in [2.75, 3.05) is 13.2 Å². The van der Waals surface area contributed by atoms with Gasteiger partial charge >= 0.3 is 12.1 Å². The number of benzene rings is 2. The molecule has 0 aliphatic carbocycles. The first-order valence-electron chi connectivity index (χ1n) is 11.3. The zero-order valence-electron chi connectivity index (χ0n) is 19.9. The van der Waals surface area contributed by atoms with E-state index < -0.39 is 29.4 Å². The van der Waals surface area contributed by atoms with Crippen LogP contribution >= 0.6 is 0 Å². The molecule has 1 fully saturated rings. The van der Waals surface area contributed by atoms with Crippen molar-refractivity contribution in [3.63, 3.8) is 0 Å². The number of aliphatic carboxylic acids is 1. The Hall–Kier alpha value is -2.90. The molecule has 0 bridgehead atoms. The number of rotatable bonds is 9. The number of carboxylic acids is 1. The Labute approximate surface area is 195 Å². The van der Waals surface area contributed by atoms with Crippen molar-refractivity contribution in [2.24, 2.45) is 0 Å². The maximum Gasteiger partial charge on any atom is 0.413 e. The largest absolute Gasteiger partial charge is 0.479 e. The van der Waals surface area contributed by atoms with Crippen LogP contribution in [-0.4, -0.2) is 57.5 Å². The van der Waals surface area contributed by atoms with Crippen molar-refractivity contribution >= 4 is 12.1 Å². The number of carbonyl (C=O) groups is 2. The van der Waals surface area contributed by atoms with E-state index in [1.54, 1.807) is 13.8 Å². The van der Waals surface area contributed by atoms with E-state index in [9.17, 15) is 14.7 Å². The van der Waals surface area contributed by atoms with Crippen LogP contribution in [0.25, 0.3) is 0 Å². The Balaban J connectivity index is 1.69. The van der Waals surface area contributed by atoms with Gasteiger partial charge in [0.25, 0.3) is 0 Å². The molecule has 0 aromatic heterocycles. The molecule has 1 saturated heterocycles. The molecule has 7 heteroatoms. The predicted octanol–water partition coefficient (Wildman–Crippen LogP) is 4.52. The molecule has 1 amide bonds. The molecule has 0 spiro atoms. The molecule has 1 N–H and O–H groups in total. The summed E-state index contributed by atoms with van der Waals surface area (Å²) in [6, 6.07) is 20.1. The number of ether oxygens (including phenoxy) is 2. The first-order chi connectivity index (χ1) is 15.6. The number of hydrogen-bond acceptors (Lipinski definition) is 5. The molecule has 1 aliphatic heterocycles. The SMILES string of the molecule is CC1(C)COC(C)(C)N1C(=O)OC(CCN(Cc1ccccc1)Cc1ccccc1)C(=O)O. The Morgan fingerprint density at radius 2 is 1.52 bits per heavy atom. The molecular formula is C26H34N2O5. The van der Waals surface area contributed by atoms with Gasteiger partial charge in [-0.15, -0.1) is 0 Å². The van der Waals surface area contributed by atoms with Crippen molar-refractivity contribution in [2.45, 2.75) is 64.6 Å². The monoisotopic (exact) mass is 454 g/mol. The Morgan fingerprint density at radius 3 is 1.94 bits per heavy atom. The van der Waals surface area contributed by atoms with E-state index in [1.165, 1.54) is 4.90 Å². The highest BCUT2D eigenvalue weighted by atomic mass is 16.6. The second-order valence-electron chi connectivity index (χ2n) is 9.56. The summed E-state index contributed by atoms with van der Waals surface area (Å²) >= 11 is 0. The average molecular weight is 455 g/mol. The van der Waals surface area contributed by atoms with Crippen LogP contribution in [0.15, 0.2) is 60.7 Å². The fourth-order valence-corrected chi connectivity index (χ4v) is 4.28. The molecule has 2 aromatic carbocycles. The van der Waals surface area contributed by atoms with Gasteiger partial charge < -0.3 is 14.6 Å². The van der Waals surface area contributed by atoms with Gasteiger partial charge in [-0.2, -0.15) is 0 Å². The summed E-state index contributed by atoms with van der Waals surface area (Å²) in [7, 11) is 0. The number of carboxylic acid groups (broad SMARTS) is 1. The maximum absolute atomic E-state index is 13.0. The zero-order valence-corrected chi connectivity index (χ0v) is 19.9. The standard InChI is InChI=1S/C26H34N2O5/c1-25(2)19-32-26(3,4)28(25)24(31)33-22(23(29)30)15-16-27(17-20-11-7-5-8-12-20)18-21-13-9-6-10-14-21/h5-14,22H,15-19H2,1-4H3,(H,29,30). The van der Waals surface area contributed by atoms with Crippen LogP contribution < -0.4 is 0 Å². The van der Waals surface area contributed by atoms with E-state index in [0.717, 1.165) is 11.1 Å². The molecule has 7 nitrogen and oxygen atoms in total. The molecule has 2 aromatic rings. The number of nitrogens with zero attached hydrogens (tertiary/aromatic N) is 2. The van der Waals surface area contributed by atoms with Gasteiger partial charge in [-0.1, -0.05) is 60.7 Å². The van der Waals surface area contributed by atoms with Gasteiger partial charge in [0, 0.05) is 26.1 Å². The smallest absolute Gasteiger partial charge is 0.413 e. The van der Waals surface area contributed by atoms with E-state index in [0.29, 0.717) is 26.2 Å². The summed E-state index contributed by atoms with van der Waals surface area (Å²) in [4.78, 5) is 28.6. The molecule has 178 valence electrons. The van der Waals surface area contributed by atoms with Crippen LogP contribution in [-0.2, 0) is 27.4 Å². The van der Waals surface area contributed by atoms with E-state index in [1.807, 2.05) is 74.5 Å². The maximum atomic E-state index is 13.0. The van der Waals surface area contributed by atoms with Crippen LogP contribution in [0, 0.1) is 0 Å². The quantitative estimate of drug-likeness (QED) is 0.600. The van der Waals surface area contributed by atoms with Gasteiger partial charge in [0.2, 0.25) is 6.10 Å². The predicted molar refractivity (Wildman–Crippen MR) is 125 cm³/mol. The molecule has 1 heterocycles. The third-order valence-electron chi connectivity index (χ3n) is 5.83. The summed E-state index contributed by atoms with van der Waals surface area (Å²) in [5, 5.41) is 9.77. The topological polar surface area (TPSA) is 79.3 Å². The molecule has 1 aliphatic rings. The summed E-state index contributed by atoms with van der Waals surface area (Å²) in [6.45, 7) is 9.44.